The predicted molar refractivity (Wildman–Crippen MR) is 153 cm³/mol. The van der Waals surface area contributed by atoms with Gasteiger partial charge in [-0.15, -0.1) is 0 Å². The standard InChI is InChI=1S/C28H43N3O8S/c1-9-17(2)23(26(35)38-7)31-25(34)20(16-21(32)18-12-10-11-13-22(18)37-6)29-24(33)19(14-15-40-8)30-27(36)39-28(3,4)5/h10-13,17,19-20,23H,9,14-16H2,1-8H3,(H,29,33)(H,30,36)(H,31,34)/t17-,19-,20-,23-/m0/s1. The SMILES string of the molecule is CC[C@H](C)[C@H](NC(=O)[C@H](CC(=O)c1ccccc1OC)NC(=O)[C@H](CCSC)NC(=O)OC(C)(C)C)C(=O)OC. The molecule has 0 heterocycles. The normalized spacial score (nSPS) is 14.1. The van der Waals surface area contributed by atoms with Crippen LogP contribution in [0.15, 0.2) is 24.3 Å². The van der Waals surface area contributed by atoms with Crippen molar-refractivity contribution in [2.45, 2.75) is 77.6 Å². The number of benzene rings is 1. The van der Waals surface area contributed by atoms with E-state index in [0.717, 1.165) is 0 Å². The molecule has 0 bridgehead atoms. The fraction of sp³-hybridized carbons (Fsp3) is 0.607. The molecule has 4 atom stereocenters. The Balaban J connectivity index is 3.31. The molecular formula is C28H43N3O8S. The van der Waals surface area contributed by atoms with Gasteiger partial charge in [0.15, 0.2) is 5.78 Å². The van der Waals surface area contributed by atoms with Crippen LogP contribution in [-0.4, -0.2) is 79.6 Å². The van der Waals surface area contributed by atoms with E-state index < -0.39 is 59.8 Å². The molecule has 0 saturated heterocycles. The number of thioether (sulfide) groups is 1. The van der Waals surface area contributed by atoms with Crippen LogP contribution < -0.4 is 20.7 Å². The fourth-order valence-corrected chi connectivity index (χ4v) is 4.13. The van der Waals surface area contributed by atoms with Crippen molar-refractivity contribution in [2.75, 3.05) is 26.2 Å². The van der Waals surface area contributed by atoms with Crippen LogP contribution in [0.4, 0.5) is 4.79 Å². The van der Waals surface area contributed by atoms with Crippen molar-refractivity contribution in [3.8, 4) is 5.75 Å². The minimum Gasteiger partial charge on any atom is -0.496 e. The second-order valence-electron chi connectivity index (χ2n) is 10.3. The molecule has 0 aliphatic carbocycles. The van der Waals surface area contributed by atoms with Crippen LogP contribution >= 0.6 is 11.8 Å². The van der Waals surface area contributed by atoms with Crippen LogP contribution in [-0.2, 0) is 23.9 Å². The van der Waals surface area contributed by atoms with Crippen molar-refractivity contribution in [3.63, 3.8) is 0 Å². The maximum Gasteiger partial charge on any atom is 0.408 e. The average molecular weight is 582 g/mol. The topological polar surface area (TPSA) is 149 Å². The first kappa shape index (κ1) is 34.7. The van der Waals surface area contributed by atoms with Crippen LogP contribution in [0.5, 0.6) is 5.75 Å². The van der Waals surface area contributed by atoms with Gasteiger partial charge in [-0.25, -0.2) is 9.59 Å². The highest BCUT2D eigenvalue weighted by Crippen LogP contribution is 2.20. The molecule has 3 N–H and O–H groups in total. The lowest BCUT2D eigenvalue weighted by atomic mass is 9.97. The van der Waals surface area contributed by atoms with Gasteiger partial charge in [0.25, 0.3) is 0 Å². The number of hydrogen-bond acceptors (Lipinski definition) is 9. The van der Waals surface area contributed by atoms with E-state index in [4.69, 9.17) is 14.2 Å². The number of ether oxygens (including phenoxy) is 3. The molecule has 3 amide bonds. The summed E-state index contributed by atoms with van der Waals surface area (Å²) in [5.74, 6) is -1.96. The van der Waals surface area contributed by atoms with E-state index in [1.54, 1.807) is 52.0 Å². The van der Waals surface area contributed by atoms with Gasteiger partial charge in [0.2, 0.25) is 11.8 Å². The van der Waals surface area contributed by atoms with Gasteiger partial charge >= 0.3 is 12.1 Å². The molecule has 1 rings (SSSR count). The van der Waals surface area contributed by atoms with Crippen LogP contribution in [0, 0.1) is 5.92 Å². The number of alkyl carbamates (subject to hydrolysis) is 1. The van der Waals surface area contributed by atoms with E-state index in [-0.39, 0.29) is 17.9 Å². The molecule has 0 unspecified atom stereocenters. The van der Waals surface area contributed by atoms with Gasteiger partial charge in [-0.05, 0) is 57.3 Å². The van der Waals surface area contributed by atoms with Gasteiger partial charge in [-0.2, -0.15) is 11.8 Å². The van der Waals surface area contributed by atoms with Gasteiger partial charge in [0.05, 0.1) is 19.8 Å². The lowest BCUT2D eigenvalue weighted by molar-refractivity contribution is -0.147. The minimum atomic E-state index is -1.36. The molecule has 0 spiro atoms. The number of nitrogens with one attached hydrogen (secondary N) is 3. The first-order valence-electron chi connectivity index (χ1n) is 13.1. The zero-order chi connectivity index (χ0) is 30.5. The van der Waals surface area contributed by atoms with E-state index >= 15 is 0 Å². The molecule has 0 saturated carbocycles. The van der Waals surface area contributed by atoms with Gasteiger partial charge in [0, 0.05) is 6.42 Å². The van der Waals surface area contributed by atoms with Crippen LogP contribution in [0.3, 0.4) is 0 Å². The van der Waals surface area contributed by atoms with Crippen molar-refractivity contribution in [1.29, 1.82) is 0 Å². The molecular weight excluding hydrogens is 538 g/mol. The van der Waals surface area contributed by atoms with Crippen molar-refractivity contribution in [2.24, 2.45) is 5.92 Å². The zero-order valence-corrected chi connectivity index (χ0v) is 25.4. The molecule has 0 aliphatic rings. The molecule has 0 aromatic heterocycles. The van der Waals surface area contributed by atoms with E-state index in [0.29, 0.717) is 17.9 Å². The Bertz CT molecular complexity index is 1030. The molecule has 0 fully saturated rings. The van der Waals surface area contributed by atoms with Crippen LogP contribution in [0.2, 0.25) is 0 Å². The molecule has 40 heavy (non-hydrogen) atoms. The number of ketones is 1. The van der Waals surface area contributed by atoms with Crippen molar-refractivity contribution in [1.82, 2.24) is 16.0 Å². The van der Waals surface area contributed by atoms with Gasteiger partial charge in [-0.3, -0.25) is 14.4 Å². The molecule has 1 aromatic carbocycles. The number of Topliss-reactive ketones (excluding diaryl/α,β-unsaturated/α-hetero) is 1. The van der Waals surface area contributed by atoms with Crippen LogP contribution in [0.1, 0.15) is 64.2 Å². The monoisotopic (exact) mass is 581 g/mol. The number of carbonyl (C=O) groups is 5. The van der Waals surface area contributed by atoms with E-state index in [2.05, 4.69) is 16.0 Å². The molecule has 0 aliphatic heterocycles. The smallest absolute Gasteiger partial charge is 0.408 e. The minimum absolute atomic E-state index is 0.231. The summed E-state index contributed by atoms with van der Waals surface area (Å²) in [6.07, 6.45) is 1.45. The van der Waals surface area contributed by atoms with Crippen molar-refractivity contribution in [3.05, 3.63) is 29.8 Å². The zero-order valence-electron chi connectivity index (χ0n) is 24.6. The van der Waals surface area contributed by atoms with E-state index in [1.807, 2.05) is 13.2 Å². The Kier molecular flexibility index (Phi) is 14.5. The number of esters is 1. The second-order valence-corrected chi connectivity index (χ2v) is 11.2. The summed E-state index contributed by atoms with van der Waals surface area (Å²) < 4.78 is 15.4. The summed E-state index contributed by atoms with van der Waals surface area (Å²) in [5, 5.41) is 7.80. The van der Waals surface area contributed by atoms with Crippen molar-refractivity contribution >= 4 is 41.4 Å². The molecule has 12 heteroatoms. The maximum absolute atomic E-state index is 13.5. The Labute approximate surface area is 240 Å². The molecule has 224 valence electrons. The average Bonchev–Trinajstić information content (AvgIpc) is 2.91. The summed E-state index contributed by atoms with van der Waals surface area (Å²) in [6, 6.07) is 3.13. The summed E-state index contributed by atoms with van der Waals surface area (Å²) in [7, 11) is 2.64. The number of rotatable bonds is 15. The maximum atomic E-state index is 13.5. The number of carbonyl (C=O) groups excluding carboxylic acids is 5. The third-order valence-corrected chi connectivity index (χ3v) is 6.66. The quantitative estimate of drug-likeness (QED) is 0.210. The summed E-state index contributed by atoms with van der Waals surface area (Å²) in [6.45, 7) is 8.72. The highest BCUT2D eigenvalue weighted by Gasteiger charge is 2.34. The van der Waals surface area contributed by atoms with Crippen molar-refractivity contribution < 1.29 is 38.2 Å². The number of methoxy groups -OCH3 is 2. The lowest BCUT2D eigenvalue weighted by Gasteiger charge is -2.27. The number of amides is 3. The second kappa shape index (κ2) is 16.7. The Hall–Kier alpha value is -3.28. The molecule has 1 aromatic rings. The summed E-state index contributed by atoms with van der Waals surface area (Å²) in [5.41, 5.74) is -0.554. The van der Waals surface area contributed by atoms with Gasteiger partial charge in [0.1, 0.15) is 29.5 Å². The number of hydrogen-bond donors (Lipinski definition) is 3. The Morgan fingerprint density at radius 1 is 0.950 bits per heavy atom. The van der Waals surface area contributed by atoms with E-state index in [1.165, 1.54) is 26.0 Å². The van der Waals surface area contributed by atoms with E-state index in [9.17, 15) is 24.0 Å². The Morgan fingerprint density at radius 2 is 1.57 bits per heavy atom. The summed E-state index contributed by atoms with van der Waals surface area (Å²) in [4.78, 5) is 64.9. The van der Waals surface area contributed by atoms with Crippen LogP contribution in [0.25, 0.3) is 0 Å². The third-order valence-electron chi connectivity index (χ3n) is 6.01. The first-order valence-corrected chi connectivity index (χ1v) is 14.5. The van der Waals surface area contributed by atoms with Gasteiger partial charge < -0.3 is 30.2 Å². The first-order chi connectivity index (χ1) is 18.8. The fourth-order valence-electron chi connectivity index (χ4n) is 3.66. The Morgan fingerprint density at radius 3 is 2.12 bits per heavy atom. The molecule has 11 nitrogen and oxygen atoms in total. The number of para-hydroxylation sites is 1. The molecule has 0 radical (unpaired) electrons. The highest BCUT2D eigenvalue weighted by atomic mass is 32.2. The highest BCUT2D eigenvalue weighted by molar-refractivity contribution is 7.98. The predicted octanol–water partition coefficient (Wildman–Crippen LogP) is 3.10. The third kappa shape index (κ3) is 11.4. The van der Waals surface area contributed by atoms with Gasteiger partial charge in [-0.1, -0.05) is 32.4 Å². The lowest BCUT2D eigenvalue weighted by Crippen LogP contribution is -2.57. The summed E-state index contributed by atoms with van der Waals surface area (Å²) >= 11 is 1.47. The largest absolute Gasteiger partial charge is 0.496 e.